The van der Waals surface area contributed by atoms with E-state index in [0.29, 0.717) is 11.3 Å². The SMILES string of the molecule is Nc1cccc(C(N=C=S)c2ccc(OC(F)(F)F)cc2)c1. The van der Waals surface area contributed by atoms with E-state index >= 15 is 0 Å². The second kappa shape index (κ2) is 6.60. The highest BCUT2D eigenvalue weighted by Gasteiger charge is 2.31. The minimum atomic E-state index is -4.72. The molecule has 22 heavy (non-hydrogen) atoms. The summed E-state index contributed by atoms with van der Waals surface area (Å²) in [4.78, 5) is 4.06. The maximum atomic E-state index is 12.2. The average molecular weight is 324 g/mol. The normalized spacial score (nSPS) is 12.3. The molecule has 0 fully saturated rings. The predicted molar refractivity (Wildman–Crippen MR) is 80.8 cm³/mol. The molecule has 0 aliphatic rings. The Morgan fingerprint density at radius 1 is 1.09 bits per heavy atom. The Hall–Kier alpha value is -2.37. The number of halogens is 3. The number of aliphatic imine (C=N–C) groups is 1. The lowest BCUT2D eigenvalue weighted by Gasteiger charge is -2.14. The maximum absolute atomic E-state index is 12.2. The van der Waals surface area contributed by atoms with Crippen LogP contribution in [0.15, 0.2) is 53.5 Å². The highest BCUT2D eigenvalue weighted by Crippen LogP contribution is 2.30. The second-order valence-electron chi connectivity index (χ2n) is 4.41. The minimum absolute atomic E-state index is 0.297. The van der Waals surface area contributed by atoms with Gasteiger partial charge in [-0.25, -0.2) is 4.99 Å². The Balaban J connectivity index is 2.32. The average Bonchev–Trinajstić information content (AvgIpc) is 2.44. The van der Waals surface area contributed by atoms with Crippen LogP contribution in [0.4, 0.5) is 18.9 Å². The Kier molecular flexibility index (Phi) is 4.80. The summed E-state index contributed by atoms with van der Waals surface area (Å²) in [5.74, 6) is -0.297. The fourth-order valence-electron chi connectivity index (χ4n) is 1.98. The van der Waals surface area contributed by atoms with Crippen molar-refractivity contribution in [2.75, 3.05) is 5.73 Å². The van der Waals surface area contributed by atoms with Crippen molar-refractivity contribution in [2.24, 2.45) is 4.99 Å². The van der Waals surface area contributed by atoms with Crippen molar-refractivity contribution < 1.29 is 17.9 Å². The molecule has 0 radical (unpaired) electrons. The number of nitrogen functional groups attached to an aromatic ring is 1. The first-order valence-electron chi connectivity index (χ1n) is 6.17. The van der Waals surface area contributed by atoms with E-state index in [1.165, 1.54) is 24.3 Å². The lowest BCUT2D eigenvalue weighted by molar-refractivity contribution is -0.274. The standard InChI is InChI=1S/C15H11F3N2OS/c16-15(17,18)21-13-6-4-10(5-7-13)14(20-9-22)11-2-1-3-12(19)8-11/h1-8,14H,19H2. The largest absolute Gasteiger partial charge is 0.573 e. The van der Waals surface area contributed by atoms with Gasteiger partial charge < -0.3 is 10.5 Å². The lowest BCUT2D eigenvalue weighted by Crippen LogP contribution is -2.17. The number of benzene rings is 2. The van der Waals surface area contributed by atoms with Crippen LogP contribution in [0.2, 0.25) is 0 Å². The molecule has 0 heterocycles. The first kappa shape index (κ1) is 16.0. The van der Waals surface area contributed by atoms with Crippen LogP contribution in [0.1, 0.15) is 17.2 Å². The van der Waals surface area contributed by atoms with Gasteiger partial charge in [-0.2, -0.15) is 0 Å². The number of isothiocyanates is 1. The topological polar surface area (TPSA) is 47.6 Å². The van der Waals surface area contributed by atoms with Crippen molar-refractivity contribution in [1.29, 1.82) is 0 Å². The zero-order valence-electron chi connectivity index (χ0n) is 11.2. The van der Waals surface area contributed by atoms with Gasteiger partial charge in [-0.15, -0.1) is 13.2 Å². The van der Waals surface area contributed by atoms with Crippen molar-refractivity contribution in [2.45, 2.75) is 12.4 Å². The monoisotopic (exact) mass is 324 g/mol. The molecule has 0 aliphatic carbocycles. The van der Waals surface area contributed by atoms with Crippen LogP contribution in [0.5, 0.6) is 5.75 Å². The fraction of sp³-hybridized carbons (Fsp3) is 0.133. The van der Waals surface area contributed by atoms with E-state index in [4.69, 9.17) is 5.73 Å². The highest BCUT2D eigenvalue weighted by molar-refractivity contribution is 7.78. The molecular weight excluding hydrogens is 313 g/mol. The minimum Gasteiger partial charge on any atom is -0.406 e. The summed E-state index contributed by atoms with van der Waals surface area (Å²) < 4.78 is 40.3. The van der Waals surface area contributed by atoms with Crippen LogP contribution >= 0.6 is 12.2 Å². The van der Waals surface area contributed by atoms with Crippen LogP contribution in [0.3, 0.4) is 0 Å². The molecule has 114 valence electrons. The smallest absolute Gasteiger partial charge is 0.406 e. The third-order valence-corrected chi connectivity index (χ3v) is 2.94. The number of anilines is 1. The van der Waals surface area contributed by atoms with Crippen molar-refractivity contribution in [1.82, 2.24) is 0 Å². The number of thiocarbonyl (C=S) groups is 1. The summed E-state index contributed by atoms with van der Waals surface area (Å²) in [5, 5.41) is 2.29. The number of nitrogens with two attached hydrogens (primary N) is 1. The van der Waals surface area contributed by atoms with Gasteiger partial charge in [0.2, 0.25) is 0 Å². The molecule has 2 rings (SSSR count). The number of ether oxygens (including phenoxy) is 1. The van der Waals surface area contributed by atoms with Gasteiger partial charge in [0.1, 0.15) is 11.8 Å². The summed E-state index contributed by atoms with van der Waals surface area (Å²) >= 11 is 4.64. The molecule has 1 atom stereocenters. The maximum Gasteiger partial charge on any atom is 0.573 e. The molecule has 1 unspecified atom stereocenters. The third-order valence-electron chi connectivity index (χ3n) is 2.84. The zero-order chi connectivity index (χ0) is 16.2. The molecule has 7 heteroatoms. The van der Waals surface area contributed by atoms with E-state index in [2.05, 4.69) is 27.1 Å². The van der Waals surface area contributed by atoms with Crippen LogP contribution in [0, 0.1) is 0 Å². The van der Waals surface area contributed by atoms with Crippen molar-refractivity contribution in [3.8, 4) is 5.75 Å². The number of hydrogen-bond acceptors (Lipinski definition) is 4. The summed E-state index contributed by atoms with van der Waals surface area (Å²) in [6.07, 6.45) is -4.72. The summed E-state index contributed by atoms with van der Waals surface area (Å²) in [7, 11) is 0. The molecule has 0 aromatic heterocycles. The van der Waals surface area contributed by atoms with Crippen molar-refractivity contribution >= 4 is 23.1 Å². The Morgan fingerprint density at radius 2 is 1.77 bits per heavy atom. The van der Waals surface area contributed by atoms with Gasteiger partial charge in [0.05, 0.1) is 5.16 Å². The Morgan fingerprint density at radius 3 is 2.32 bits per heavy atom. The number of nitrogens with zero attached hydrogens (tertiary/aromatic N) is 1. The first-order chi connectivity index (χ1) is 10.4. The summed E-state index contributed by atoms with van der Waals surface area (Å²) in [5.41, 5.74) is 7.70. The quantitative estimate of drug-likeness (QED) is 0.516. The van der Waals surface area contributed by atoms with Crippen LogP contribution < -0.4 is 10.5 Å². The van der Waals surface area contributed by atoms with Gasteiger partial charge in [0, 0.05) is 5.69 Å². The molecule has 3 nitrogen and oxygen atoms in total. The molecule has 0 bridgehead atoms. The third kappa shape index (κ3) is 4.31. The van der Waals surface area contributed by atoms with Crippen molar-refractivity contribution in [3.05, 3.63) is 59.7 Å². The second-order valence-corrected chi connectivity index (χ2v) is 4.59. The van der Waals surface area contributed by atoms with E-state index in [9.17, 15) is 13.2 Å². The van der Waals surface area contributed by atoms with E-state index < -0.39 is 12.4 Å². The van der Waals surface area contributed by atoms with Gasteiger partial charge in [-0.05, 0) is 47.6 Å². The molecule has 0 saturated carbocycles. The molecule has 2 N–H and O–H groups in total. The van der Waals surface area contributed by atoms with E-state index in [1.807, 2.05) is 0 Å². The number of alkyl halides is 3. The van der Waals surface area contributed by atoms with Gasteiger partial charge in [0.25, 0.3) is 0 Å². The van der Waals surface area contributed by atoms with Crippen molar-refractivity contribution in [3.63, 3.8) is 0 Å². The fourth-order valence-corrected chi connectivity index (χ4v) is 2.08. The van der Waals surface area contributed by atoms with Crippen LogP contribution in [0.25, 0.3) is 0 Å². The molecular formula is C15H11F3N2OS. The van der Waals surface area contributed by atoms with Gasteiger partial charge in [-0.1, -0.05) is 24.3 Å². The summed E-state index contributed by atoms with van der Waals surface area (Å²) in [6, 6.07) is 12.0. The highest BCUT2D eigenvalue weighted by atomic mass is 32.1. The molecule has 0 saturated heterocycles. The van der Waals surface area contributed by atoms with Gasteiger partial charge in [-0.3, -0.25) is 0 Å². The lowest BCUT2D eigenvalue weighted by atomic mass is 9.99. The summed E-state index contributed by atoms with van der Waals surface area (Å²) in [6.45, 7) is 0. The Labute approximate surface area is 130 Å². The molecule has 0 amide bonds. The molecule has 0 spiro atoms. The predicted octanol–water partition coefficient (Wildman–Crippen LogP) is 4.36. The van der Waals surface area contributed by atoms with E-state index in [1.54, 1.807) is 24.3 Å². The number of hydrogen-bond donors (Lipinski definition) is 1. The zero-order valence-corrected chi connectivity index (χ0v) is 12.0. The Bertz CT molecular complexity index is 695. The van der Waals surface area contributed by atoms with Gasteiger partial charge in [0.15, 0.2) is 0 Å². The molecule has 2 aromatic rings. The van der Waals surface area contributed by atoms with Crippen LogP contribution in [-0.2, 0) is 0 Å². The van der Waals surface area contributed by atoms with Gasteiger partial charge >= 0.3 is 6.36 Å². The van der Waals surface area contributed by atoms with E-state index in [0.717, 1.165) is 5.56 Å². The van der Waals surface area contributed by atoms with Crippen LogP contribution in [-0.4, -0.2) is 11.5 Å². The molecule has 0 aliphatic heterocycles. The first-order valence-corrected chi connectivity index (χ1v) is 6.58. The number of rotatable bonds is 4. The molecule has 2 aromatic carbocycles. The van der Waals surface area contributed by atoms with E-state index in [-0.39, 0.29) is 5.75 Å².